The zero-order valence-electron chi connectivity index (χ0n) is 9.90. The number of hydrogen-bond acceptors (Lipinski definition) is 3. The van der Waals surface area contributed by atoms with Gasteiger partial charge in [0.05, 0.1) is 11.7 Å². The molecule has 2 atom stereocenters. The molecule has 1 aliphatic rings. The van der Waals surface area contributed by atoms with Crippen molar-refractivity contribution < 1.29 is 15.0 Å². The standard InChI is InChI=1S/C13H16BrNO3/c14-12-6-9(2-4-11(12)13(17)18)15-7-8-1-3-10(16)5-8/h2,4,6,8,10,15-16H,1,3,5,7H2,(H,17,18). The first-order chi connectivity index (χ1) is 8.56. The van der Waals surface area contributed by atoms with E-state index < -0.39 is 5.97 Å². The van der Waals surface area contributed by atoms with E-state index in [9.17, 15) is 9.90 Å². The molecule has 0 heterocycles. The fourth-order valence-electron chi connectivity index (χ4n) is 2.29. The molecule has 0 amide bonds. The van der Waals surface area contributed by atoms with Crippen molar-refractivity contribution in [3.63, 3.8) is 0 Å². The van der Waals surface area contributed by atoms with Crippen LogP contribution in [0.2, 0.25) is 0 Å². The van der Waals surface area contributed by atoms with Crippen LogP contribution in [0.5, 0.6) is 0 Å². The lowest BCUT2D eigenvalue weighted by molar-refractivity contribution is 0.0696. The number of carboxylic acids is 1. The number of aromatic carboxylic acids is 1. The number of carboxylic acid groups (broad SMARTS) is 1. The molecular formula is C13H16BrNO3. The number of aliphatic hydroxyl groups is 1. The van der Waals surface area contributed by atoms with Crippen molar-refractivity contribution in [3.05, 3.63) is 28.2 Å². The summed E-state index contributed by atoms with van der Waals surface area (Å²) in [4.78, 5) is 10.9. The highest BCUT2D eigenvalue weighted by Gasteiger charge is 2.22. The molecular weight excluding hydrogens is 298 g/mol. The van der Waals surface area contributed by atoms with Gasteiger partial charge in [0.15, 0.2) is 0 Å². The lowest BCUT2D eigenvalue weighted by Crippen LogP contribution is -2.12. The van der Waals surface area contributed by atoms with Gasteiger partial charge in [-0.25, -0.2) is 4.79 Å². The van der Waals surface area contributed by atoms with E-state index in [1.807, 2.05) is 0 Å². The fourth-order valence-corrected chi connectivity index (χ4v) is 2.84. The zero-order chi connectivity index (χ0) is 13.1. The molecule has 3 N–H and O–H groups in total. The molecule has 2 rings (SSSR count). The summed E-state index contributed by atoms with van der Waals surface area (Å²) in [6, 6.07) is 5.12. The molecule has 0 aromatic heterocycles. The first-order valence-electron chi connectivity index (χ1n) is 6.01. The third-order valence-corrected chi connectivity index (χ3v) is 3.96. The second-order valence-electron chi connectivity index (χ2n) is 4.71. The lowest BCUT2D eigenvalue weighted by atomic mass is 10.1. The van der Waals surface area contributed by atoms with Crippen LogP contribution in [-0.4, -0.2) is 28.8 Å². The summed E-state index contributed by atoms with van der Waals surface area (Å²) in [7, 11) is 0. The number of rotatable bonds is 4. The summed E-state index contributed by atoms with van der Waals surface area (Å²) in [6.07, 6.45) is 2.62. The van der Waals surface area contributed by atoms with Gasteiger partial charge in [0, 0.05) is 16.7 Å². The summed E-state index contributed by atoms with van der Waals surface area (Å²) >= 11 is 3.25. The molecule has 1 aliphatic carbocycles. The number of halogens is 1. The molecule has 1 aromatic carbocycles. The number of nitrogens with one attached hydrogen (secondary N) is 1. The highest BCUT2D eigenvalue weighted by Crippen LogP contribution is 2.27. The van der Waals surface area contributed by atoms with Gasteiger partial charge in [-0.15, -0.1) is 0 Å². The normalized spacial score (nSPS) is 23.0. The van der Waals surface area contributed by atoms with Gasteiger partial charge in [0.1, 0.15) is 0 Å². The number of anilines is 1. The van der Waals surface area contributed by atoms with Crippen LogP contribution in [0.4, 0.5) is 5.69 Å². The van der Waals surface area contributed by atoms with Crippen LogP contribution in [0.3, 0.4) is 0 Å². The van der Waals surface area contributed by atoms with Crippen LogP contribution >= 0.6 is 15.9 Å². The van der Waals surface area contributed by atoms with E-state index in [-0.39, 0.29) is 11.7 Å². The van der Waals surface area contributed by atoms with Crippen LogP contribution < -0.4 is 5.32 Å². The van der Waals surface area contributed by atoms with E-state index in [0.717, 1.165) is 31.5 Å². The van der Waals surface area contributed by atoms with Gasteiger partial charge < -0.3 is 15.5 Å². The predicted octanol–water partition coefficient (Wildman–Crippen LogP) is 2.72. The molecule has 18 heavy (non-hydrogen) atoms. The highest BCUT2D eigenvalue weighted by molar-refractivity contribution is 9.10. The van der Waals surface area contributed by atoms with Crippen LogP contribution in [0, 0.1) is 5.92 Å². The molecule has 2 unspecified atom stereocenters. The molecule has 1 fully saturated rings. The third kappa shape index (κ3) is 3.23. The molecule has 5 heteroatoms. The average Bonchev–Trinajstić information content (AvgIpc) is 2.72. The lowest BCUT2D eigenvalue weighted by Gasteiger charge is -2.12. The molecule has 1 saturated carbocycles. The summed E-state index contributed by atoms with van der Waals surface area (Å²) in [5, 5.41) is 21.6. The maximum Gasteiger partial charge on any atom is 0.336 e. The Bertz CT molecular complexity index is 450. The minimum Gasteiger partial charge on any atom is -0.478 e. The van der Waals surface area contributed by atoms with Crippen molar-refractivity contribution in [1.82, 2.24) is 0 Å². The largest absolute Gasteiger partial charge is 0.478 e. The fraction of sp³-hybridized carbons (Fsp3) is 0.462. The Morgan fingerprint density at radius 1 is 1.44 bits per heavy atom. The van der Waals surface area contributed by atoms with Gasteiger partial charge >= 0.3 is 5.97 Å². The molecule has 0 saturated heterocycles. The first kappa shape index (κ1) is 13.4. The minimum absolute atomic E-state index is 0.155. The molecule has 0 bridgehead atoms. The third-order valence-electron chi connectivity index (χ3n) is 3.31. The van der Waals surface area contributed by atoms with Crippen LogP contribution in [0.25, 0.3) is 0 Å². The van der Waals surface area contributed by atoms with Gasteiger partial charge in [0.2, 0.25) is 0 Å². The Labute approximate surface area is 114 Å². The molecule has 0 aliphatic heterocycles. The summed E-state index contributed by atoms with van der Waals surface area (Å²) in [5.74, 6) is -0.440. The summed E-state index contributed by atoms with van der Waals surface area (Å²) in [5.41, 5.74) is 1.16. The van der Waals surface area contributed by atoms with Gasteiger partial charge in [-0.3, -0.25) is 0 Å². The van der Waals surface area contributed by atoms with Crippen molar-refractivity contribution in [1.29, 1.82) is 0 Å². The molecule has 4 nitrogen and oxygen atoms in total. The van der Waals surface area contributed by atoms with E-state index in [1.54, 1.807) is 18.2 Å². The van der Waals surface area contributed by atoms with E-state index in [4.69, 9.17) is 5.11 Å². The van der Waals surface area contributed by atoms with Crippen LogP contribution in [0.15, 0.2) is 22.7 Å². The first-order valence-corrected chi connectivity index (χ1v) is 6.80. The Morgan fingerprint density at radius 2 is 2.22 bits per heavy atom. The minimum atomic E-state index is -0.938. The van der Waals surface area contributed by atoms with Gasteiger partial charge in [-0.2, -0.15) is 0 Å². The van der Waals surface area contributed by atoms with E-state index in [2.05, 4.69) is 21.2 Å². The Hall–Kier alpha value is -1.07. The number of benzene rings is 1. The molecule has 1 aromatic rings. The number of carbonyl (C=O) groups is 1. The van der Waals surface area contributed by atoms with Crippen molar-refractivity contribution in [2.24, 2.45) is 5.92 Å². The van der Waals surface area contributed by atoms with Crippen molar-refractivity contribution in [2.45, 2.75) is 25.4 Å². The van der Waals surface area contributed by atoms with Crippen molar-refractivity contribution >= 4 is 27.6 Å². The van der Waals surface area contributed by atoms with Crippen molar-refractivity contribution in [2.75, 3.05) is 11.9 Å². The highest BCUT2D eigenvalue weighted by atomic mass is 79.9. The quantitative estimate of drug-likeness (QED) is 0.799. The number of aliphatic hydroxyl groups excluding tert-OH is 1. The van der Waals surface area contributed by atoms with Gasteiger partial charge in [0.25, 0.3) is 0 Å². The summed E-state index contributed by atoms with van der Waals surface area (Å²) in [6.45, 7) is 0.815. The zero-order valence-corrected chi connectivity index (χ0v) is 11.5. The maximum atomic E-state index is 10.9. The molecule has 0 spiro atoms. The van der Waals surface area contributed by atoms with Crippen molar-refractivity contribution in [3.8, 4) is 0 Å². The average molecular weight is 314 g/mol. The Morgan fingerprint density at radius 3 is 2.78 bits per heavy atom. The smallest absolute Gasteiger partial charge is 0.336 e. The molecule has 98 valence electrons. The SMILES string of the molecule is O=C(O)c1ccc(NCC2CCC(O)C2)cc1Br. The Kier molecular flexibility index (Phi) is 4.24. The van der Waals surface area contributed by atoms with Crippen LogP contribution in [0.1, 0.15) is 29.6 Å². The van der Waals surface area contributed by atoms with E-state index in [0.29, 0.717) is 10.4 Å². The second-order valence-corrected chi connectivity index (χ2v) is 5.57. The van der Waals surface area contributed by atoms with Gasteiger partial charge in [-0.05, 0) is 59.3 Å². The van der Waals surface area contributed by atoms with Gasteiger partial charge in [-0.1, -0.05) is 0 Å². The topological polar surface area (TPSA) is 69.6 Å². The van der Waals surface area contributed by atoms with Crippen LogP contribution in [-0.2, 0) is 0 Å². The predicted molar refractivity (Wildman–Crippen MR) is 72.9 cm³/mol. The maximum absolute atomic E-state index is 10.9. The Balaban J connectivity index is 1.94. The molecule has 0 radical (unpaired) electrons. The summed E-state index contributed by atoms with van der Waals surface area (Å²) < 4.78 is 0.575. The van der Waals surface area contributed by atoms with E-state index >= 15 is 0 Å². The van der Waals surface area contributed by atoms with E-state index in [1.165, 1.54) is 0 Å². The monoisotopic (exact) mass is 313 g/mol. The second kappa shape index (κ2) is 5.71. The number of hydrogen-bond donors (Lipinski definition) is 3.